The summed E-state index contributed by atoms with van der Waals surface area (Å²) in [6, 6.07) is 7.86. The van der Waals surface area contributed by atoms with E-state index in [2.05, 4.69) is 49.7 Å². The van der Waals surface area contributed by atoms with Gasteiger partial charge in [0, 0.05) is 35.5 Å². The summed E-state index contributed by atoms with van der Waals surface area (Å²) in [6.45, 7) is 11.8. The standard InChI is InChI=1S/C30H37N3O2/c1-7-8-13-31-18-24-16-27(35-6)11-12-28(24)29(34)33-19-25-10-9-23(17-30(25,33)5)15-26-14-20(2)21(3)22(4)32-26/h7-8,11-16,25H,9-10,17-19H2,1-6H3. The average Bonchev–Trinajstić information content (AvgIpc) is 2.83. The van der Waals surface area contributed by atoms with Crippen LogP contribution in [-0.4, -0.2) is 41.2 Å². The second-order valence-electron chi connectivity index (χ2n) is 10.1. The topological polar surface area (TPSA) is 54.8 Å². The van der Waals surface area contributed by atoms with Crippen LogP contribution in [0.3, 0.4) is 0 Å². The number of allylic oxidation sites excluding steroid dienone is 2. The summed E-state index contributed by atoms with van der Waals surface area (Å²) >= 11 is 0. The van der Waals surface area contributed by atoms with E-state index >= 15 is 0 Å². The molecule has 5 heteroatoms. The van der Waals surface area contributed by atoms with Gasteiger partial charge in [-0.3, -0.25) is 14.8 Å². The minimum absolute atomic E-state index is 0.0871. The van der Waals surface area contributed by atoms with Gasteiger partial charge in [0.15, 0.2) is 0 Å². The maximum atomic E-state index is 13.8. The van der Waals surface area contributed by atoms with Crippen LogP contribution in [0.25, 0.3) is 6.08 Å². The highest BCUT2D eigenvalue weighted by Gasteiger charge is 2.54. The first-order chi connectivity index (χ1) is 16.8. The quantitative estimate of drug-likeness (QED) is 0.467. The third-order valence-electron chi connectivity index (χ3n) is 7.88. The van der Waals surface area contributed by atoms with Crippen molar-refractivity contribution in [1.29, 1.82) is 0 Å². The SMILES string of the molecule is CC=CC=NCc1cc(OC)ccc1C(=O)N1CC2CCC(=Cc3cc(C)c(C)c(C)n3)CC21C. The van der Waals surface area contributed by atoms with Crippen LogP contribution in [0.15, 0.2) is 47.0 Å². The van der Waals surface area contributed by atoms with E-state index < -0.39 is 0 Å². The number of hydrogen-bond acceptors (Lipinski definition) is 4. The number of aromatic nitrogens is 1. The van der Waals surface area contributed by atoms with Gasteiger partial charge in [0.1, 0.15) is 5.75 Å². The van der Waals surface area contributed by atoms with Gasteiger partial charge < -0.3 is 9.64 Å². The van der Waals surface area contributed by atoms with Crippen LogP contribution in [0, 0.1) is 26.7 Å². The fraction of sp³-hybridized carbons (Fsp3) is 0.433. The molecule has 0 bridgehead atoms. The molecular weight excluding hydrogens is 434 g/mol. The summed E-state index contributed by atoms with van der Waals surface area (Å²) in [6.07, 6.45) is 10.9. The van der Waals surface area contributed by atoms with Crippen LogP contribution < -0.4 is 4.74 Å². The number of likely N-dealkylation sites (tertiary alicyclic amines) is 1. The number of methoxy groups -OCH3 is 1. The molecule has 1 aliphatic carbocycles. The Morgan fingerprint density at radius 2 is 2.09 bits per heavy atom. The Morgan fingerprint density at radius 1 is 1.29 bits per heavy atom. The number of hydrogen-bond donors (Lipinski definition) is 0. The van der Waals surface area contributed by atoms with Crippen molar-refractivity contribution < 1.29 is 9.53 Å². The second kappa shape index (κ2) is 10.2. The van der Waals surface area contributed by atoms with Crippen LogP contribution in [0.2, 0.25) is 0 Å². The minimum atomic E-state index is -0.165. The molecule has 1 amide bonds. The molecule has 2 heterocycles. The zero-order valence-corrected chi connectivity index (χ0v) is 21.9. The Labute approximate surface area is 209 Å². The van der Waals surface area contributed by atoms with Gasteiger partial charge in [-0.15, -0.1) is 0 Å². The van der Waals surface area contributed by atoms with Gasteiger partial charge >= 0.3 is 0 Å². The lowest BCUT2D eigenvalue weighted by Crippen LogP contribution is -2.68. The molecule has 2 fully saturated rings. The summed E-state index contributed by atoms with van der Waals surface area (Å²) < 4.78 is 5.41. The van der Waals surface area contributed by atoms with Crippen LogP contribution in [0.5, 0.6) is 5.75 Å². The van der Waals surface area contributed by atoms with E-state index in [4.69, 9.17) is 9.72 Å². The highest BCUT2D eigenvalue weighted by Crippen LogP contribution is 2.49. The first-order valence-corrected chi connectivity index (χ1v) is 12.5. The first-order valence-electron chi connectivity index (χ1n) is 12.5. The molecule has 2 aliphatic rings. The van der Waals surface area contributed by atoms with Crippen molar-refractivity contribution >= 4 is 18.2 Å². The molecule has 1 aromatic carbocycles. The molecule has 1 aliphatic heterocycles. The lowest BCUT2D eigenvalue weighted by atomic mass is 9.64. The van der Waals surface area contributed by atoms with E-state index in [0.29, 0.717) is 18.0 Å². The molecule has 1 saturated heterocycles. The predicted octanol–water partition coefficient (Wildman–Crippen LogP) is 6.26. The number of rotatable bonds is 6. The van der Waals surface area contributed by atoms with E-state index in [0.717, 1.165) is 48.5 Å². The van der Waals surface area contributed by atoms with E-state index in [1.807, 2.05) is 37.3 Å². The number of carbonyl (C=O) groups excluding carboxylic acids is 1. The zero-order valence-electron chi connectivity index (χ0n) is 21.9. The predicted molar refractivity (Wildman–Crippen MR) is 143 cm³/mol. The van der Waals surface area contributed by atoms with Crippen molar-refractivity contribution in [2.45, 2.75) is 66.0 Å². The van der Waals surface area contributed by atoms with E-state index in [1.54, 1.807) is 13.3 Å². The number of benzene rings is 1. The second-order valence-corrected chi connectivity index (χ2v) is 10.1. The van der Waals surface area contributed by atoms with Crippen LogP contribution in [-0.2, 0) is 6.54 Å². The van der Waals surface area contributed by atoms with Crippen molar-refractivity contribution in [2.75, 3.05) is 13.7 Å². The van der Waals surface area contributed by atoms with Crippen molar-refractivity contribution in [3.05, 3.63) is 75.6 Å². The number of carbonyl (C=O) groups is 1. The number of aryl methyl sites for hydroxylation is 2. The zero-order chi connectivity index (χ0) is 25.2. The Morgan fingerprint density at radius 3 is 2.80 bits per heavy atom. The minimum Gasteiger partial charge on any atom is -0.497 e. The molecule has 1 aromatic heterocycles. The molecule has 5 nitrogen and oxygen atoms in total. The van der Waals surface area contributed by atoms with E-state index in [9.17, 15) is 4.79 Å². The Bertz CT molecular complexity index is 1190. The van der Waals surface area contributed by atoms with E-state index in [-0.39, 0.29) is 11.4 Å². The first kappa shape index (κ1) is 24.9. The Kier molecular flexibility index (Phi) is 7.25. The lowest BCUT2D eigenvalue weighted by molar-refractivity contribution is -0.0576. The van der Waals surface area contributed by atoms with Crippen molar-refractivity contribution in [1.82, 2.24) is 9.88 Å². The molecule has 35 heavy (non-hydrogen) atoms. The Hall–Kier alpha value is -3.21. The summed E-state index contributed by atoms with van der Waals surface area (Å²) in [5, 5.41) is 0. The van der Waals surface area contributed by atoms with E-state index in [1.165, 1.54) is 16.7 Å². The summed E-state index contributed by atoms with van der Waals surface area (Å²) in [4.78, 5) is 25.1. The Balaban J connectivity index is 1.58. The fourth-order valence-corrected chi connectivity index (χ4v) is 5.41. The molecular formula is C30H37N3O2. The van der Waals surface area contributed by atoms with Crippen molar-refractivity contribution in [2.24, 2.45) is 10.9 Å². The normalized spacial score (nSPS) is 23.1. The number of fused-ring (bicyclic) bond motifs is 1. The highest BCUT2D eigenvalue weighted by molar-refractivity contribution is 5.97. The monoisotopic (exact) mass is 471 g/mol. The molecule has 2 unspecified atom stereocenters. The van der Waals surface area contributed by atoms with Crippen LogP contribution >= 0.6 is 0 Å². The summed E-state index contributed by atoms with van der Waals surface area (Å²) in [5.74, 6) is 1.36. The van der Waals surface area contributed by atoms with Crippen LogP contribution in [0.1, 0.15) is 71.5 Å². The largest absolute Gasteiger partial charge is 0.497 e. The maximum absolute atomic E-state index is 13.8. The van der Waals surface area contributed by atoms with Gasteiger partial charge in [0.05, 0.1) is 19.3 Å². The van der Waals surface area contributed by atoms with Gasteiger partial charge in [-0.1, -0.05) is 11.6 Å². The molecule has 4 rings (SSSR count). The van der Waals surface area contributed by atoms with Crippen LogP contribution in [0.4, 0.5) is 0 Å². The average molecular weight is 472 g/mol. The molecule has 2 aromatic rings. The number of ether oxygens (including phenoxy) is 1. The lowest BCUT2D eigenvalue weighted by Gasteiger charge is -2.60. The highest BCUT2D eigenvalue weighted by atomic mass is 16.5. The number of pyridine rings is 1. The number of nitrogens with zero attached hydrogens (tertiary/aromatic N) is 3. The summed E-state index contributed by atoms with van der Waals surface area (Å²) in [7, 11) is 1.65. The smallest absolute Gasteiger partial charge is 0.254 e. The third-order valence-corrected chi connectivity index (χ3v) is 7.88. The third kappa shape index (κ3) is 4.95. The molecule has 184 valence electrons. The van der Waals surface area contributed by atoms with Gasteiger partial charge in [0.25, 0.3) is 5.91 Å². The summed E-state index contributed by atoms with van der Waals surface area (Å²) in [5.41, 5.74) is 7.45. The van der Waals surface area contributed by atoms with Crippen molar-refractivity contribution in [3.63, 3.8) is 0 Å². The van der Waals surface area contributed by atoms with Crippen molar-refractivity contribution in [3.8, 4) is 5.75 Å². The van der Waals surface area contributed by atoms with Gasteiger partial charge in [0.2, 0.25) is 0 Å². The fourth-order valence-electron chi connectivity index (χ4n) is 5.41. The molecule has 0 radical (unpaired) electrons. The maximum Gasteiger partial charge on any atom is 0.254 e. The molecule has 0 N–H and O–H groups in total. The van der Waals surface area contributed by atoms with Gasteiger partial charge in [-0.25, -0.2) is 0 Å². The molecule has 1 saturated carbocycles. The number of amides is 1. The van der Waals surface area contributed by atoms with Gasteiger partial charge in [-0.2, -0.15) is 0 Å². The van der Waals surface area contributed by atoms with Gasteiger partial charge in [-0.05, 0) is 107 Å². The molecule has 2 atom stereocenters. The number of aliphatic imine (C=N–C) groups is 1. The molecule has 0 spiro atoms.